The highest BCUT2D eigenvalue weighted by Crippen LogP contribution is 2.29. The van der Waals surface area contributed by atoms with Crippen molar-refractivity contribution in [2.24, 2.45) is 0 Å². The van der Waals surface area contributed by atoms with Crippen molar-refractivity contribution in [2.75, 3.05) is 0 Å². The van der Waals surface area contributed by atoms with Crippen molar-refractivity contribution in [1.82, 2.24) is 15.0 Å². The van der Waals surface area contributed by atoms with Crippen LogP contribution in [0.4, 0.5) is 0 Å². The first kappa shape index (κ1) is 11.5. The standard InChI is InChI=1S/C12H7N3O3S/c16-10-8-7(6-2-1-3-13-4-6)5-19-11(8)15-9(14-10)12(17)18/h1-5H,(H,17,18)(H,14,15,16). The molecule has 3 aromatic heterocycles. The summed E-state index contributed by atoms with van der Waals surface area (Å²) in [5, 5.41) is 11.0. The number of pyridine rings is 1. The summed E-state index contributed by atoms with van der Waals surface area (Å²) in [6, 6.07) is 3.60. The molecule has 0 fully saturated rings. The minimum atomic E-state index is -1.25. The van der Waals surface area contributed by atoms with Gasteiger partial charge in [0, 0.05) is 28.9 Å². The number of fused-ring (bicyclic) bond motifs is 1. The number of hydrogen-bond donors (Lipinski definition) is 2. The zero-order valence-corrected chi connectivity index (χ0v) is 10.3. The van der Waals surface area contributed by atoms with Crippen LogP contribution in [0.5, 0.6) is 0 Å². The molecule has 0 bridgehead atoms. The molecule has 3 heterocycles. The molecule has 0 radical (unpaired) electrons. The second-order valence-corrected chi connectivity index (χ2v) is 4.65. The molecule has 0 aliphatic carbocycles. The molecular weight excluding hydrogens is 266 g/mol. The third-order valence-corrected chi connectivity index (χ3v) is 3.49. The maximum Gasteiger partial charge on any atom is 0.372 e. The quantitative estimate of drug-likeness (QED) is 0.741. The molecule has 0 aromatic carbocycles. The van der Waals surface area contributed by atoms with Gasteiger partial charge in [-0.3, -0.25) is 9.78 Å². The number of carboxylic acid groups (broad SMARTS) is 1. The van der Waals surface area contributed by atoms with E-state index in [9.17, 15) is 9.59 Å². The summed E-state index contributed by atoms with van der Waals surface area (Å²) < 4.78 is 0. The largest absolute Gasteiger partial charge is 0.475 e. The van der Waals surface area contributed by atoms with Gasteiger partial charge in [0.25, 0.3) is 5.56 Å². The van der Waals surface area contributed by atoms with E-state index in [1.807, 2.05) is 6.07 Å². The molecule has 0 amide bonds. The Bertz CT molecular complexity index is 823. The van der Waals surface area contributed by atoms with Crippen LogP contribution in [0.3, 0.4) is 0 Å². The molecular formula is C12H7N3O3S. The van der Waals surface area contributed by atoms with Gasteiger partial charge in [0.2, 0.25) is 5.82 Å². The van der Waals surface area contributed by atoms with E-state index in [1.54, 1.807) is 23.8 Å². The normalized spacial score (nSPS) is 10.7. The summed E-state index contributed by atoms with van der Waals surface area (Å²) in [6.07, 6.45) is 3.29. The Balaban J connectivity index is 2.31. The van der Waals surface area contributed by atoms with Crippen LogP contribution in [0.2, 0.25) is 0 Å². The lowest BCUT2D eigenvalue weighted by Crippen LogP contribution is -2.15. The van der Waals surface area contributed by atoms with Crippen LogP contribution in [0, 0.1) is 0 Å². The third-order valence-electron chi connectivity index (χ3n) is 2.62. The number of H-pyrrole nitrogens is 1. The van der Waals surface area contributed by atoms with Crippen molar-refractivity contribution in [3.8, 4) is 11.1 Å². The number of hydrogen-bond acceptors (Lipinski definition) is 5. The van der Waals surface area contributed by atoms with Crippen LogP contribution in [-0.2, 0) is 0 Å². The van der Waals surface area contributed by atoms with Crippen molar-refractivity contribution >= 4 is 27.5 Å². The molecule has 3 rings (SSSR count). The predicted molar refractivity (Wildman–Crippen MR) is 70.4 cm³/mol. The number of aromatic nitrogens is 3. The smallest absolute Gasteiger partial charge is 0.372 e. The molecule has 0 aliphatic rings. The summed E-state index contributed by atoms with van der Waals surface area (Å²) in [7, 11) is 0. The van der Waals surface area contributed by atoms with E-state index in [4.69, 9.17) is 5.11 Å². The fourth-order valence-corrected chi connectivity index (χ4v) is 2.73. The molecule has 0 atom stereocenters. The maximum atomic E-state index is 12.0. The SMILES string of the molecule is O=C(O)c1nc2scc(-c3cccnc3)c2c(=O)[nH]1. The van der Waals surface area contributed by atoms with Crippen LogP contribution in [0.15, 0.2) is 34.7 Å². The van der Waals surface area contributed by atoms with Gasteiger partial charge in [0.1, 0.15) is 4.83 Å². The van der Waals surface area contributed by atoms with Crippen LogP contribution in [-0.4, -0.2) is 26.0 Å². The van der Waals surface area contributed by atoms with Crippen molar-refractivity contribution in [2.45, 2.75) is 0 Å². The average molecular weight is 273 g/mol. The minimum absolute atomic E-state index is 0.350. The minimum Gasteiger partial charge on any atom is -0.475 e. The van der Waals surface area contributed by atoms with E-state index in [1.165, 1.54) is 11.3 Å². The summed E-state index contributed by atoms with van der Waals surface area (Å²) in [5.41, 5.74) is 1.05. The zero-order chi connectivity index (χ0) is 13.4. The molecule has 0 spiro atoms. The highest BCUT2D eigenvalue weighted by molar-refractivity contribution is 7.17. The van der Waals surface area contributed by atoms with Gasteiger partial charge in [-0.2, -0.15) is 0 Å². The molecule has 3 aromatic rings. The molecule has 7 heteroatoms. The summed E-state index contributed by atoms with van der Waals surface area (Å²) in [4.78, 5) is 33.4. The molecule has 0 unspecified atom stereocenters. The second kappa shape index (κ2) is 4.29. The first-order valence-corrected chi connectivity index (χ1v) is 6.20. The molecule has 6 nitrogen and oxygen atoms in total. The number of thiophene rings is 1. The van der Waals surface area contributed by atoms with Crippen molar-refractivity contribution in [3.05, 3.63) is 46.1 Å². The van der Waals surface area contributed by atoms with E-state index in [-0.39, 0.29) is 5.82 Å². The topological polar surface area (TPSA) is 95.9 Å². The first-order valence-electron chi connectivity index (χ1n) is 5.32. The van der Waals surface area contributed by atoms with Crippen molar-refractivity contribution in [3.63, 3.8) is 0 Å². The van der Waals surface area contributed by atoms with Crippen LogP contribution < -0.4 is 5.56 Å². The van der Waals surface area contributed by atoms with E-state index in [0.717, 1.165) is 5.56 Å². The van der Waals surface area contributed by atoms with Gasteiger partial charge in [0.05, 0.1) is 5.39 Å². The summed E-state index contributed by atoms with van der Waals surface area (Å²) in [5.74, 6) is -1.60. The number of aromatic amines is 1. The van der Waals surface area contributed by atoms with E-state index >= 15 is 0 Å². The Morgan fingerprint density at radius 3 is 2.95 bits per heavy atom. The highest BCUT2D eigenvalue weighted by Gasteiger charge is 2.15. The van der Waals surface area contributed by atoms with E-state index in [2.05, 4.69) is 15.0 Å². The predicted octanol–water partition coefficient (Wildman–Crippen LogP) is 1.74. The molecule has 94 valence electrons. The van der Waals surface area contributed by atoms with E-state index < -0.39 is 11.5 Å². The third kappa shape index (κ3) is 1.89. The van der Waals surface area contributed by atoms with Crippen molar-refractivity contribution < 1.29 is 9.90 Å². The fourth-order valence-electron chi connectivity index (χ4n) is 1.78. The van der Waals surface area contributed by atoms with Gasteiger partial charge < -0.3 is 10.1 Å². The van der Waals surface area contributed by atoms with Gasteiger partial charge in [-0.15, -0.1) is 11.3 Å². The summed E-state index contributed by atoms with van der Waals surface area (Å²) in [6.45, 7) is 0. The van der Waals surface area contributed by atoms with Crippen LogP contribution in [0.25, 0.3) is 21.3 Å². The molecule has 2 N–H and O–H groups in total. The second-order valence-electron chi connectivity index (χ2n) is 3.79. The van der Waals surface area contributed by atoms with Gasteiger partial charge in [0.15, 0.2) is 0 Å². The van der Waals surface area contributed by atoms with E-state index in [0.29, 0.717) is 15.8 Å². The number of carbonyl (C=O) groups is 1. The lowest BCUT2D eigenvalue weighted by atomic mass is 10.1. The number of nitrogens with zero attached hydrogens (tertiary/aromatic N) is 2. The Morgan fingerprint density at radius 1 is 1.42 bits per heavy atom. The zero-order valence-electron chi connectivity index (χ0n) is 9.45. The lowest BCUT2D eigenvalue weighted by molar-refractivity contribution is 0.0683. The molecule has 0 aliphatic heterocycles. The Kier molecular flexibility index (Phi) is 2.60. The monoisotopic (exact) mass is 273 g/mol. The Labute approximate surface area is 110 Å². The Morgan fingerprint density at radius 2 is 2.26 bits per heavy atom. The molecule has 0 saturated carbocycles. The lowest BCUT2D eigenvalue weighted by Gasteiger charge is -1.98. The number of rotatable bonds is 2. The Hall–Kier alpha value is -2.54. The number of aromatic carboxylic acids is 1. The average Bonchev–Trinajstić information content (AvgIpc) is 2.84. The van der Waals surface area contributed by atoms with Crippen LogP contribution >= 0.6 is 11.3 Å². The highest BCUT2D eigenvalue weighted by atomic mass is 32.1. The van der Waals surface area contributed by atoms with Crippen molar-refractivity contribution in [1.29, 1.82) is 0 Å². The number of nitrogens with one attached hydrogen (secondary N) is 1. The molecule has 0 saturated heterocycles. The van der Waals surface area contributed by atoms with Crippen LogP contribution in [0.1, 0.15) is 10.6 Å². The first-order chi connectivity index (χ1) is 9.16. The molecule has 19 heavy (non-hydrogen) atoms. The van der Waals surface area contributed by atoms with Gasteiger partial charge in [-0.25, -0.2) is 9.78 Å². The summed E-state index contributed by atoms with van der Waals surface area (Å²) >= 11 is 1.23. The maximum absolute atomic E-state index is 12.0. The van der Waals surface area contributed by atoms with Gasteiger partial charge in [-0.1, -0.05) is 6.07 Å². The fraction of sp³-hybridized carbons (Fsp3) is 0. The van der Waals surface area contributed by atoms with Gasteiger partial charge >= 0.3 is 5.97 Å². The number of carboxylic acids is 1. The van der Waals surface area contributed by atoms with Gasteiger partial charge in [-0.05, 0) is 6.07 Å².